The lowest BCUT2D eigenvalue weighted by Crippen LogP contribution is -2.32. The van der Waals surface area contributed by atoms with Crippen molar-refractivity contribution in [2.75, 3.05) is 26.2 Å². The molecule has 4 unspecified atom stereocenters. The molecular weight excluding hydrogens is 311 g/mol. The Morgan fingerprint density at radius 3 is 2.57 bits per heavy atom. The van der Waals surface area contributed by atoms with Crippen molar-refractivity contribution in [1.29, 1.82) is 0 Å². The predicted molar refractivity (Wildman–Crippen MR) is 92.4 cm³/mol. The Morgan fingerprint density at radius 1 is 1.30 bits per heavy atom. The van der Waals surface area contributed by atoms with Crippen LogP contribution in [-0.4, -0.2) is 37.1 Å². The van der Waals surface area contributed by atoms with E-state index in [1.54, 1.807) is 6.07 Å². The molecule has 4 fully saturated rings. The Kier molecular flexibility index (Phi) is 3.94. The highest BCUT2D eigenvalue weighted by Gasteiger charge is 2.61. The van der Waals surface area contributed by atoms with Crippen LogP contribution < -0.4 is 5.32 Å². The minimum Gasteiger partial charge on any atom is -0.316 e. The van der Waals surface area contributed by atoms with E-state index in [1.807, 2.05) is 12.1 Å². The zero-order chi connectivity index (χ0) is 16.2. The van der Waals surface area contributed by atoms with Crippen molar-refractivity contribution in [3.63, 3.8) is 0 Å². The minimum absolute atomic E-state index is 0.0548. The van der Waals surface area contributed by atoms with E-state index < -0.39 is 0 Å². The van der Waals surface area contributed by atoms with Crippen LogP contribution in [0.4, 0.5) is 4.39 Å². The highest BCUT2D eigenvalue weighted by Crippen LogP contribution is 2.60. The Balaban J connectivity index is 0.000000186. The van der Waals surface area contributed by atoms with Gasteiger partial charge in [0.05, 0.1) is 5.02 Å². The minimum atomic E-state index is -0.206. The number of halogens is 2. The molecule has 0 aromatic heterocycles. The first-order valence-electron chi connectivity index (χ1n) is 8.90. The van der Waals surface area contributed by atoms with Crippen LogP contribution in [0.2, 0.25) is 5.02 Å². The molecule has 4 aliphatic rings. The van der Waals surface area contributed by atoms with Gasteiger partial charge in [-0.15, -0.1) is 0 Å². The van der Waals surface area contributed by atoms with Gasteiger partial charge in [0.25, 0.3) is 0 Å². The number of benzene rings is 1. The third-order valence-electron chi connectivity index (χ3n) is 6.27. The van der Waals surface area contributed by atoms with Gasteiger partial charge in [-0.2, -0.15) is 0 Å². The second-order valence-electron chi connectivity index (χ2n) is 8.10. The molecule has 126 valence electrons. The fourth-order valence-electron chi connectivity index (χ4n) is 4.48. The van der Waals surface area contributed by atoms with Gasteiger partial charge in [-0.25, -0.2) is 4.39 Å². The molecule has 1 aromatic rings. The van der Waals surface area contributed by atoms with E-state index >= 15 is 0 Å². The Hall–Kier alpha value is -0.640. The standard InChI is InChI=1S/C14H17ClFN.C5H9N/c1-9(2)17-7-10-6-14(10,8-17)11-4-3-5-12(15)13(11)16;1-4-2-6-3-5(1)4/h3-5,9-10H,6-8H2,1-2H3;4-6H,1-3H2. The molecule has 2 saturated heterocycles. The second kappa shape index (κ2) is 5.72. The molecule has 2 heterocycles. The van der Waals surface area contributed by atoms with Crippen LogP contribution in [0, 0.1) is 23.6 Å². The van der Waals surface area contributed by atoms with E-state index in [1.165, 1.54) is 19.5 Å². The lowest BCUT2D eigenvalue weighted by Gasteiger charge is -2.24. The molecule has 4 atom stereocenters. The Bertz CT molecular complexity index is 597. The monoisotopic (exact) mass is 336 g/mol. The summed E-state index contributed by atoms with van der Waals surface area (Å²) in [4.78, 5) is 2.44. The number of likely N-dealkylation sites (tertiary alicyclic amines) is 1. The molecule has 0 radical (unpaired) electrons. The highest BCUT2D eigenvalue weighted by atomic mass is 35.5. The summed E-state index contributed by atoms with van der Waals surface area (Å²) in [5.41, 5.74) is 0.886. The number of rotatable bonds is 2. The third kappa shape index (κ3) is 2.81. The van der Waals surface area contributed by atoms with Crippen LogP contribution in [0.5, 0.6) is 0 Å². The molecular formula is C19H26ClFN2. The van der Waals surface area contributed by atoms with E-state index in [0.29, 0.717) is 12.0 Å². The fraction of sp³-hybridized carbons (Fsp3) is 0.684. The van der Waals surface area contributed by atoms with Gasteiger partial charge in [0.2, 0.25) is 0 Å². The molecule has 5 rings (SSSR count). The van der Waals surface area contributed by atoms with Crippen molar-refractivity contribution >= 4 is 11.6 Å². The smallest absolute Gasteiger partial charge is 0.145 e. The van der Waals surface area contributed by atoms with Gasteiger partial charge in [0, 0.05) is 24.5 Å². The predicted octanol–water partition coefficient (Wildman–Crippen LogP) is 3.69. The van der Waals surface area contributed by atoms with E-state index in [-0.39, 0.29) is 16.3 Å². The zero-order valence-electron chi connectivity index (χ0n) is 14.0. The summed E-state index contributed by atoms with van der Waals surface area (Å²) in [6.45, 7) is 9.10. The first kappa shape index (κ1) is 15.9. The maximum Gasteiger partial charge on any atom is 0.145 e. The van der Waals surface area contributed by atoms with Gasteiger partial charge in [0.15, 0.2) is 0 Å². The van der Waals surface area contributed by atoms with Gasteiger partial charge >= 0.3 is 0 Å². The third-order valence-corrected chi connectivity index (χ3v) is 6.56. The number of hydrogen-bond donors (Lipinski definition) is 1. The van der Waals surface area contributed by atoms with Gasteiger partial charge in [0.1, 0.15) is 5.82 Å². The molecule has 2 nitrogen and oxygen atoms in total. The second-order valence-corrected chi connectivity index (χ2v) is 8.50. The van der Waals surface area contributed by atoms with Crippen LogP contribution in [0.3, 0.4) is 0 Å². The van der Waals surface area contributed by atoms with Crippen LogP contribution in [-0.2, 0) is 5.41 Å². The number of nitrogens with zero attached hydrogens (tertiary/aromatic N) is 1. The first-order valence-corrected chi connectivity index (χ1v) is 9.28. The number of fused-ring (bicyclic) bond motifs is 2. The maximum atomic E-state index is 14.1. The summed E-state index contributed by atoms with van der Waals surface area (Å²) in [5.74, 6) is 2.62. The Morgan fingerprint density at radius 2 is 2.04 bits per heavy atom. The molecule has 2 aliphatic heterocycles. The van der Waals surface area contributed by atoms with Crippen LogP contribution in [0.1, 0.15) is 32.3 Å². The van der Waals surface area contributed by atoms with Crippen molar-refractivity contribution in [2.24, 2.45) is 17.8 Å². The quantitative estimate of drug-likeness (QED) is 0.886. The van der Waals surface area contributed by atoms with Crippen LogP contribution >= 0.6 is 11.6 Å². The molecule has 0 bridgehead atoms. The van der Waals surface area contributed by atoms with Crippen LogP contribution in [0.25, 0.3) is 0 Å². The normalized spacial score (nSPS) is 37.2. The molecule has 1 aromatic carbocycles. The largest absolute Gasteiger partial charge is 0.316 e. The summed E-state index contributed by atoms with van der Waals surface area (Å²) >= 11 is 5.88. The highest BCUT2D eigenvalue weighted by molar-refractivity contribution is 6.30. The van der Waals surface area contributed by atoms with Crippen molar-refractivity contribution < 1.29 is 4.39 Å². The summed E-state index contributed by atoms with van der Waals surface area (Å²) in [7, 11) is 0. The zero-order valence-corrected chi connectivity index (χ0v) is 14.7. The average molecular weight is 337 g/mol. The summed E-state index contributed by atoms with van der Waals surface area (Å²) < 4.78 is 14.1. The van der Waals surface area contributed by atoms with Gasteiger partial charge in [-0.05, 0) is 69.2 Å². The van der Waals surface area contributed by atoms with Gasteiger partial charge in [-0.1, -0.05) is 23.7 Å². The van der Waals surface area contributed by atoms with E-state index in [4.69, 9.17) is 11.6 Å². The van der Waals surface area contributed by atoms with Crippen molar-refractivity contribution in [3.8, 4) is 0 Å². The number of hydrogen-bond acceptors (Lipinski definition) is 2. The molecule has 2 aliphatic carbocycles. The molecule has 4 heteroatoms. The topological polar surface area (TPSA) is 15.3 Å². The van der Waals surface area contributed by atoms with Gasteiger partial charge < -0.3 is 5.32 Å². The molecule has 0 spiro atoms. The first-order chi connectivity index (χ1) is 11.0. The maximum absolute atomic E-state index is 14.1. The van der Waals surface area contributed by atoms with Crippen molar-refractivity contribution in [2.45, 2.75) is 38.1 Å². The lowest BCUT2D eigenvalue weighted by molar-refractivity contribution is 0.242. The fourth-order valence-corrected chi connectivity index (χ4v) is 4.66. The van der Waals surface area contributed by atoms with E-state index in [9.17, 15) is 4.39 Å². The summed E-state index contributed by atoms with van der Waals surface area (Å²) in [5, 5.41) is 3.58. The van der Waals surface area contributed by atoms with E-state index in [2.05, 4.69) is 24.1 Å². The Labute approximate surface area is 143 Å². The van der Waals surface area contributed by atoms with Crippen molar-refractivity contribution in [3.05, 3.63) is 34.6 Å². The molecule has 2 saturated carbocycles. The summed E-state index contributed by atoms with van der Waals surface area (Å²) in [6, 6.07) is 5.94. The van der Waals surface area contributed by atoms with E-state index in [0.717, 1.165) is 36.9 Å². The molecule has 1 N–H and O–H groups in total. The van der Waals surface area contributed by atoms with Gasteiger partial charge in [-0.3, -0.25) is 4.90 Å². The molecule has 23 heavy (non-hydrogen) atoms. The lowest BCUT2D eigenvalue weighted by atomic mass is 9.94. The number of piperidine rings is 2. The average Bonchev–Trinajstić information content (AvgIpc) is 3.35. The SMILES string of the molecule is C1NCC2CC12.CC(C)N1CC2CC2(c2cccc(Cl)c2F)C1. The number of nitrogens with one attached hydrogen (secondary N) is 1. The summed E-state index contributed by atoms with van der Waals surface area (Å²) in [6.07, 6.45) is 2.64. The van der Waals surface area contributed by atoms with Crippen molar-refractivity contribution in [1.82, 2.24) is 10.2 Å². The van der Waals surface area contributed by atoms with Crippen LogP contribution in [0.15, 0.2) is 18.2 Å². The molecule has 0 amide bonds.